The molecule has 0 fully saturated rings. The number of pyridine rings is 1. The molecule has 0 unspecified atom stereocenters. The minimum atomic E-state index is -3.30. The molecule has 40 heavy (non-hydrogen) atoms. The molecular formula is C34H24N2O3S. The summed E-state index contributed by atoms with van der Waals surface area (Å²) in [5.74, 6) is 1.54. The molecule has 0 aliphatic carbocycles. The zero-order valence-corrected chi connectivity index (χ0v) is 22.5. The molecule has 6 aromatic rings. The van der Waals surface area contributed by atoms with Gasteiger partial charge >= 0.3 is 0 Å². The predicted molar refractivity (Wildman–Crippen MR) is 160 cm³/mol. The number of hydrogen-bond donors (Lipinski definition) is 0. The fourth-order valence-electron chi connectivity index (χ4n) is 5.26. The molecule has 1 aromatic heterocycles. The molecule has 0 spiro atoms. The van der Waals surface area contributed by atoms with Gasteiger partial charge in [-0.25, -0.2) is 13.4 Å². The number of aromatic nitrogens is 1. The van der Waals surface area contributed by atoms with E-state index in [0.717, 1.165) is 61.8 Å². The van der Waals surface area contributed by atoms with Crippen LogP contribution < -0.4 is 9.64 Å². The number of benzene rings is 5. The molecule has 5 nitrogen and oxygen atoms in total. The number of sulfone groups is 1. The lowest BCUT2D eigenvalue weighted by molar-refractivity contribution is 0.477. The molecule has 5 aromatic carbocycles. The summed E-state index contributed by atoms with van der Waals surface area (Å²) in [4.78, 5) is 7.70. The van der Waals surface area contributed by atoms with Crippen LogP contribution in [0.15, 0.2) is 132 Å². The smallest absolute Gasteiger partial charge is 0.175 e. The lowest BCUT2D eigenvalue weighted by Crippen LogP contribution is -2.16. The van der Waals surface area contributed by atoms with Crippen LogP contribution in [0.5, 0.6) is 11.5 Å². The highest BCUT2D eigenvalue weighted by atomic mass is 32.2. The Hall–Kier alpha value is -4.94. The second-order valence-electron chi connectivity index (χ2n) is 9.76. The van der Waals surface area contributed by atoms with E-state index < -0.39 is 9.84 Å². The van der Waals surface area contributed by atoms with Gasteiger partial charge in [0.25, 0.3) is 0 Å². The first-order valence-corrected chi connectivity index (χ1v) is 14.8. The Kier molecular flexibility index (Phi) is 5.65. The predicted octanol–water partition coefficient (Wildman–Crippen LogP) is 8.55. The van der Waals surface area contributed by atoms with Crippen molar-refractivity contribution in [3.05, 3.63) is 127 Å². The van der Waals surface area contributed by atoms with Gasteiger partial charge in [0.15, 0.2) is 21.3 Å². The molecule has 0 saturated carbocycles. The van der Waals surface area contributed by atoms with E-state index in [1.54, 1.807) is 12.1 Å². The number of nitrogens with zero attached hydrogens (tertiary/aromatic N) is 2. The SMILES string of the molecule is CS(=O)(=O)c1ccc(-c2cc(-c3ccccc3)c3cccc(N4c5ccccc5Oc5ccccc54)c3n2)cc1. The molecule has 0 N–H and O–H groups in total. The van der Waals surface area contributed by atoms with Crippen LogP contribution in [0.2, 0.25) is 0 Å². The zero-order valence-electron chi connectivity index (χ0n) is 21.7. The minimum absolute atomic E-state index is 0.280. The third-order valence-corrected chi connectivity index (χ3v) is 8.28. The Morgan fingerprint density at radius 3 is 1.88 bits per heavy atom. The lowest BCUT2D eigenvalue weighted by Gasteiger charge is -2.33. The molecule has 0 atom stereocenters. The fraction of sp³-hybridized carbons (Fsp3) is 0.0294. The number of hydrogen-bond acceptors (Lipinski definition) is 5. The Morgan fingerprint density at radius 1 is 0.625 bits per heavy atom. The van der Waals surface area contributed by atoms with E-state index in [2.05, 4.69) is 53.4 Å². The normalized spacial score (nSPS) is 12.5. The Balaban J connectivity index is 1.52. The van der Waals surface area contributed by atoms with E-state index in [-0.39, 0.29) is 4.90 Å². The van der Waals surface area contributed by atoms with Gasteiger partial charge in [-0.1, -0.05) is 78.9 Å². The molecule has 2 heterocycles. The third kappa shape index (κ3) is 4.10. The molecule has 0 radical (unpaired) electrons. The van der Waals surface area contributed by atoms with E-state index >= 15 is 0 Å². The topological polar surface area (TPSA) is 59.5 Å². The monoisotopic (exact) mass is 540 g/mol. The summed E-state index contributed by atoms with van der Waals surface area (Å²) in [6.45, 7) is 0. The summed E-state index contributed by atoms with van der Waals surface area (Å²) in [5.41, 5.74) is 7.33. The number of anilines is 3. The lowest BCUT2D eigenvalue weighted by atomic mass is 9.97. The Labute approximate surface area is 232 Å². The molecule has 6 heteroatoms. The molecule has 194 valence electrons. The number of fused-ring (bicyclic) bond motifs is 3. The molecule has 1 aliphatic rings. The van der Waals surface area contributed by atoms with Gasteiger partial charge in [0.05, 0.1) is 33.2 Å². The van der Waals surface area contributed by atoms with Gasteiger partial charge in [0.1, 0.15) is 0 Å². The van der Waals surface area contributed by atoms with Crippen molar-refractivity contribution in [2.24, 2.45) is 0 Å². The standard InChI is InChI=1S/C34H24N2O3S/c1-40(37,38)25-20-18-24(19-21-25)28-22-27(23-10-3-2-4-11-23)26-12-9-15-31(34(26)35-28)36-29-13-5-7-16-32(29)39-33-17-8-6-14-30(33)36/h2-22H,1H3. The molecule has 1 aliphatic heterocycles. The van der Waals surface area contributed by atoms with Crippen molar-refractivity contribution in [3.63, 3.8) is 0 Å². The number of rotatable bonds is 4. The average Bonchev–Trinajstić information content (AvgIpc) is 2.99. The van der Waals surface area contributed by atoms with Crippen LogP contribution in [-0.4, -0.2) is 19.7 Å². The highest BCUT2D eigenvalue weighted by molar-refractivity contribution is 7.90. The van der Waals surface area contributed by atoms with Crippen LogP contribution in [0.4, 0.5) is 17.1 Å². The van der Waals surface area contributed by atoms with Gasteiger partial charge in [0, 0.05) is 17.2 Å². The van der Waals surface area contributed by atoms with Gasteiger partial charge < -0.3 is 9.64 Å². The number of ether oxygens (including phenoxy) is 1. The average molecular weight is 541 g/mol. The molecule has 0 bridgehead atoms. The minimum Gasteiger partial charge on any atom is -0.453 e. The summed E-state index contributed by atoms with van der Waals surface area (Å²) in [6, 6.07) is 41.5. The summed E-state index contributed by atoms with van der Waals surface area (Å²) in [6.07, 6.45) is 1.22. The third-order valence-electron chi connectivity index (χ3n) is 7.15. The Bertz CT molecular complexity index is 1960. The molecule has 0 amide bonds. The van der Waals surface area contributed by atoms with Crippen molar-refractivity contribution < 1.29 is 13.2 Å². The summed E-state index contributed by atoms with van der Waals surface area (Å²) in [5, 5.41) is 1.02. The first-order valence-electron chi connectivity index (χ1n) is 12.9. The fourth-order valence-corrected chi connectivity index (χ4v) is 5.89. The zero-order chi connectivity index (χ0) is 27.3. The summed E-state index contributed by atoms with van der Waals surface area (Å²) < 4.78 is 30.4. The van der Waals surface area contributed by atoms with Crippen molar-refractivity contribution in [1.29, 1.82) is 0 Å². The quantitative estimate of drug-likeness (QED) is 0.224. The van der Waals surface area contributed by atoms with Gasteiger partial charge in [-0.15, -0.1) is 0 Å². The molecule has 7 rings (SSSR count). The molecule has 0 saturated heterocycles. The molecular weight excluding hydrogens is 516 g/mol. The summed E-state index contributed by atoms with van der Waals surface area (Å²) in [7, 11) is -3.30. The Morgan fingerprint density at radius 2 is 1.23 bits per heavy atom. The van der Waals surface area contributed by atoms with E-state index in [0.29, 0.717) is 0 Å². The van der Waals surface area contributed by atoms with E-state index in [9.17, 15) is 8.42 Å². The van der Waals surface area contributed by atoms with Crippen molar-refractivity contribution >= 4 is 37.8 Å². The van der Waals surface area contributed by atoms with Crippen molar-refractivity contribution in [2.75, 3.05) is 11.2 Å². The largest absolute Gasteiger partial charge is 0.453 e. The maximum atomic E-state index is 12.1. The highest BCUT2D eigenvalue weighted by Crippen LogP contribution is 2.51. The van der Waals surface area contributed by atoms with Gasteiger partial charge in [-0.2, -0.15) is 0 Å². The van der Waals surface area contributed by atoms with Crippen LogP contribution in [0.1, 0.15) is 0 Å². The van der Waals surface area contributed by atoms with E-state index in [1.807, 2.05) is 66.7 Å². The van der Waals surface area contributed by atoms with Gasteiger partial charge in [0.2, 0.25) is 0 Å². The second-order valence-corrected chi connectivity index (χ2v) is 11.8. The maximum absolute atomic E-state index is 12.1. The number of para-hydroxylation sites is 5. The highest BCUT2D eigenvalue weighted by Gasteiger charge is 2.27. The van der Waals surface area contributed by atoms with Crippen LogP contribution >= 0.6 is 0 Å². The van der Waals surface area contributed by atoms with Crippen molar-refractivity contribution in [1.82, 2.24) is 4.98 Å². The van der Waals surface area contributed by atoms with E-state index in [4.69, 9.17) is 9.72 Å². The van der Waals surface area contributed by atoms with Gasteiger partial charge in [-0.05, 0) is 59.7 Å². The first kappa shape index (κ1) is 24.1. The van der Waals surface area contributed by atoms with Crippen LogP contribution in [-0.2, 0) is 9.84 Å². The van der Waals surface area contributed by atoms with E-state index in [1.165, 1.54) is 6.26 Å². The van der Waals surface area contributed by atoms with Crippen molar-refractivity contribution in [3.8, 4) is 33.9 Å². The van der Waals surface area contributed by atoms with Gasteiger partial charge in [-0.3, -0.25) is 0 Å². The second kappa shape index (κ2) is 9.36. The maximum Gasteiger partial charge on any atom is 0.175 e. The van der Waals surface area contributed by atoms with Crippen LogP contribution in [0.3, 0.4) is 0 Å². The summed E-state index contributed by atoms with van der Waals surface area (Å²) >= 11 is 0. The van der Waals surface area contributed by atoms with Crippen LogP contribution in [0.25, 0.3) is 33.3 Å². The first-order chi connectivity index (χ1) is 19.5. The van der Waals surface area contributed by atoms with Crippen LogP contribution in [0, 0.1) is 0 Å². The van der Waals surface area contributed by atoms with Crippen molar-refractivity contribution in [2.45, 2.75) is 4.90 Å².